The van der Waals surface area contributed by atoms with E-state index in [1.807, 2.05) is 39.8 Å². The Labute approximate surface area is 260 Å². The molecule has 2 fully saturated rings. The van der Waals surface area contributed by atoms with Crippen LogP contribution in [0.25, 0.3) is 10.4 Å². The van der Waals surface area contributed by atoms with Crippen molar-refractivity contribution in [3.05, 3.63) is 41.0 Å². The van der Waals surface area contributed by atoms with Gasteiger partial charge in [-0.15, -0.1) is 11.3 Å². The fourth-order valence-electron chi connectivity index (χ4n) is 5.22. The number of benzene rings is 1. The second-order valence-corrected chi connectivity index (χ2v) is 13.9. The Kier molecular flexibility index (Phi) is 9.79. The van der Waals surface area contributed by atoms with Gasteiger partial charge in [0.05, 0.1) is 35.1 Å². The predicted molar refractivity (Wildman–Crippen MR) is 162 cm³/mol. The maximum Gasteiger partial charge on any atom is 0.258 e. The number of amides is 4. The molecule has 1 aromatic carbocycles. The number of thiazole rings is 1. The first-order chi connectivity index (χ1) is 20.5. The van der Waals surface area contributed by atoms with Gasteiger partial charge in [-0.25, -0.2) is 13.8 Å². The van der Waals surface area contributed by atoms with E-state index >= 15 is 4.39 Å². The minimum Gasteiger partial charge on any atom is -0.388 e. The molecule has 1 aliphatic carbocycles. The molecule has 0 bridgehead atoms. The second-order valence-electron chi connectivity index (χ2n) is 13.1. The Morgan fingerprint density at radius 1 is 1.14 bits per heavy atom. The van der Waals surface area contributed by atoms with Gasteiger partial charge < -0.3 is 26.0 Å². The first-order valence-corrected chi connectivity index (χ1v) is 15.6. The van der Waals surface area contributed by atoms with Crippen LogP contribution in [-0.4, -0.2) is 80.7 Å². The van der Waals surface area contributed by atoms with Crippen LogP contribution in [0.15, 0.2) is 29.8 Å². The molecule has 44 heavy (non-hydrogen) atoms. The Bertz CT molecular complexity index is 1390. The van der Waals surface area contributed by atoms with Crippen LogP contribution in [-0.2, 0) is 19.2 Å². The van der Waals surface area contributed by atoms with Gasteiger partial charge in [0, 0.05) is 5.54 Å². The van der Waals surface area contributed by atoms with Crippen molar-refractivity contribution in [3.8, 4) is 10.4 Å². The standard InChI is InChI=1S/C31H41F2N5O5S/c1-16(2)24(36-29(43)31(33)11-12-31)28(42)38-14-21(39)23(32)25(38)27(41)35-20(13-22(40)37-30(4,5)6)18-7-9-19(10-8-18)26-17(3)34-15-44-26/h7-10,15-16,20-21,23-25,39H,11-14H2,1-6H3,(H,35,41)(H,36,43)(H,37,40)/t20-,21-,23-,24-,25-/m0/s1. The van der Waals surface area contributed by atoms with E-state index < -0.39 is 71.8 Å². The number of nitrogens with one attached hydrogen (secondary N) is 3. The van der Waals surface area contributed by atoms with Gasteiger partial charge in [-0.05, 0) is 57.6 Å². The first-order valence-electron chi connectivity index (χ1n) is 14.7. The molecule has 1 aromatic heterocycles. The number of β-amino-alcohol motifs (C(OH)–C–C–N with tert-alkyl or cyclic N) is 1. The summed E-state index contributed by atoms with van der Waals surface area (Å²) in [4.78, 5) is 58.9. The highest BCUT2D eigenvalue weighted by molar-refractivity contribution is 7.13. The molecule has 2 aromatic rings. The molecule has 4 rings (SSSR count). The Morgan fingerprint density at radius 2 is 1.77 bits per heavy atom. The van der Waals surface area contributed by atoms with Gasteiger partial charge >= 0.3 is 0 Å². The van der Waals surface area contributed by atoms with Gasteiger partial charge in [0.1, 0.15) is 18.2 Å². The summed E-state index contributed by atoms with van der Waals surface area (Å²) in [5, 5.41) is 18.4. The van der Waals surface area contributed by atoms with E-state index in [0.29, 0.717) is 5.56 Å². The van der Waals surface area contributed by atoms with Crippen LogP contribution in [0.3, 0.4) is 0 Å². The van der Waals surface area contributed by atoms with Crippen molar-refractivity contribution < 1.29 is 33.1 Å². The summed E-state index contributed by atoms with van der Waals surface area (Å²) < 4.78 is 29.8. The molecule has 1 saturated heterocycles. The number of aliphatic hydroxyl groups is 1. The fourth-order valence-corrected chi connectivity index (χ4v) is 6.03. The van der Waals surface area contributed by atoms with E-state index in [1.165, 1.54) is 11.3 Å². The molecule has 1 aliphatic heterocycles. The maximum absolute atomic E-state index is 15.4. The highest BCUT2D eigenvalue weighted by atomic mass is 32.1. The van der Waals surface area contributed by atoms with Crippen molar-refractivity contribution in [2.45, 2.75) is 102 Å². The van der Waals surface area contributed by atoms with Crippen molar-refractivity contribution in [1.82, 2.24) is 25.8 Å². The topological polar surface area (TPSA) is 141 Å². The smallest absolute Gasteiger partial charge is 0.258 e. The molecule has 2 heterocycles. The van der Waals surface area contributed by atoms with E-state index in [0.717, 1.165) is 21.0 Å². The minimum atomic E-state index is -2.13. The average Bonchev–Trinajstić information content (AvgIpc) is 3.42. The summed E-state index contributed by atoms with van der Waals surface area (Å²) in [5.41, 5.74) is 1.51. The molecule has 0 radical (unpaired) electrons. The van der Waals surface area contributed by atoms with E-state index in [1.54, 1.807) is 31.5 Å². The van der Waals surface area contributed by atoms with E-state index in [9.17, 15) is 28.7 Å². The van der Waals surface area contributed by atoms with Crippen LogP contribution < -0.4 is 16.0 Å². The summed E-state index contributed by atoms with van der Waals surface area (Å²) in [5.74, 6) is -3.50. The number of carbonyl (C=O) groups is 4. The lowest BCUT2D eigenvalue weighted by Crippen LogP contribution is -2.58. The van der Waals surface area contributed by atoms with Crippen LogP contribution in [0.1, 0.15) is 71.2 Å². The summed E-state index contributed by atoms with van der Waals surface area (Å²) in [6.45, 7) is 10.1. The molecule has 13 heteroatoms. The van der Waals surface area contributed by atoms with Gasteiger partial charge in [0.25, 0.3) is 5.91 Å². The summed E-state index contributed by atoms with van der Waals surface area (Å²) in [7, 11) is 0. The van der Waals surface area contributed by atoms with Crippen LogP contribution >= 0.6 is 11.3 Å². The number of hydrogen-bond donors (Lipinski definition) is 4. The zero-order valence-electron chi connectivity index (χ0n) is 25.8. The number of carbonyl (C=O) groups excluding carboxylic acids is 4. The number of aliphatic hydroxyl groups excluding tert-OH is 1. The molecule has 4 amide bonds. The minimum absolute atomic E-state index is 0.0484. The first kappa shape index (κ1) is 33.4. The lowest BCUT2D eigenvalue weighted by molar-refractivity contribution is -0.144. The summed E-state index contributed by atoms with van der Waals surface area (Å²) in [6, 6.07) is 3.35. The monoisotopic (exact) mass is 633 g/mol. The number of hydrogen-bond acceptors (Lipinski definition) is 7. The lowest BCUT2D eigenvalue weighted by Gasteiger charge is -2.32. The van der Waals surface area contributed by atoms with Crippen molar-refractivity contribution in [2.24, 2.45) is 5.92 Å². The molecule has 0 unspecified atom stereocenters. The number of likely N-dealkylation sites (tertiary alicyclic amines) is 1. The fraction of sp³-hybridized carbons (Fsp3) is 0.581. The average molecular weight is 634 g/mol. The Hall–Kier alpha value is -3.45. The molecule has 4 N–H and O–H groups in total. The highest BCUT2D eigenvalue weighted by Crippen LogP contribution is 2.40. The molecule has 2 aliphatic rings. The molecule has 10 nitrogen and oxygen atoms in total. The number of nitrogens with zero attached hydrogens (tertiary/aromatic N) is 2. The van der Waals surface area contributed by atoms with Crippen LogP contribution in [0.5, 0.6) is 0 Å². The quantitative estimate of drug-likeness (QED) is 0.317. The maximum atomic E-state index is 15.4. The van der Waals surface area contributed by atoms with Gasteiger partial charge in [-0.2, -0.15) is 0 Å². The molecule has 240 valence electrons. The largest absolute Gasteiger partial charge is 0.388 e. The molecule has 1 saturated carbocycles. The number of aryl methyl sites for hydroxylation is 1. The van der Waals surface area contributed by atoms with Crippen molar-refractivity contribution in [1.29, 1.82) is 0 Å². The third kappa shape index (κ3) is 7.60. The number of aromatic nitrogens is 1. The van der Waals surface area contributed by atoms with Gasteiger partial charge in [0.2, 0.25) is 17.7 Å². The zero-order valence-corrected chi connectivity index (χ0v) is 26.6. The molecular formula is C31H41F2N5O5S. The third-order valence-corrected chi connectivity index (χ3v) is 8.77. The van der Waals surface area contributed by atoms with E-state index in [2.05, 4.69) is 20.9 Å². The van der Waals surface area contributed by atoms with Crippen LogP contribution in [0, 0.1) is 12.8 Å². The van der Waals surface area contributed by atoms with Gasteiger partial charge in [-0.1, -0.05) is 38.1 Å². The summed E-state index contributed by atoms with van der Waals surface area (Å²) in [6.07, 6.45) is -3.86. The number of alkyl halides is 2. The molecule has 5 atom stereocenters. The van der Waals surface area contributed by atoms with Crippen molar-refractivity contribution in [3.63, 3.8) is 0 Å². The number of halogens is 2. The summed E-state index contributed by atoms with van der Waals surface area (Å²) >= 11 is 1.48. The van der Waals surface area contributed by atoms with Gasteiger partial charge in [0.15, 0.2) is 11.8 Å². The van der Waals surface area contributed by atoms with Crippen LogP contribution in [0.2, 0.25) is 0 Å². The van der Waals surface area contributed by atoms with Crippen molar-refractivity contribution in [2.75, 3.05) is 6.54 Å². The zero-order chi connectivity index (χ0) is 32.6. The Morgan fingerprint density at radius 3 is 2.30 bits per heavy atom. The highest BCUT2D eigenvalue weighted by Gasteiger charge is 2.54. The second kappa shape index (κ2) is 12.9. The van der Waals surface area contributed by atoms with Crippen molar-refractivity contribution >= 4 is 35.0 Å². The van der Waals surface area contributed by atoms with Crippen LogP contribution in [0.4, 0.5) is 8.78 Å². The predicted octanol–water partition coefficient (Wildman–Crippen LogP) is 3.13. The molecular weight excluding hydrogens is 592 g/mol. The van der Waals surface area contributed by atoms with E-state index in [-0.39, 0.29) is 25.2 Å². The Balaban J connectivity index is 1.58. The molecule has 0 spiro atoms. The van der Waals surface area contributed by atoms with Gasteiger partial charge in [-0.3, -0.25) is 19.2 Å². The SMILES string of the molecule is Cc1ncsc1-c1ccc([C@H](CC(=O)NC(C)(C)C)NC(=O)[C@@H]2[C@@H](F)[C@@H](O)CN2C(=O)[C@@H](NC(=O)C2(F)CC2)C(C)C)cc1. The normalized spacial score (nSPS) is 22.3. The third-order valence-electron chi connectivity index (χ3n) is 7.80. The number of rotatable bonds is 10. The lowest BCUT2D eigenvalue weighted by atomic mass is 9.98. The van der Waals surface area contributed by atoms with E-state index in [4.69, 9.17) is 0 Å².